The molecular weight excluding hydrogens is 403 g/mol. The van der Waals surface area contributed by atoms with Gasteiger partial charge in [0.2, 0.25) is 11.8 Å². The third-order valence-electron chi connectivity index (χ3n) is 5.66. The van der Waals surface area contributed by atoms with Crippen molar-refractivity contribution < 1.29 is 23.9 Å². The number of phenols is 1. The van der Waals surface area contributed by atoms with Crippen molar-refractivity contribution in [2.24, 2.45) is 0 Å². The van der Waals surface area contributed by atoms with Crippen LogP contribution < -0.4 is 16.0 Å². The molecule has 4 rings (SSSR count). The van der Waals surface area contributed by atoms with Crippen LogP contribution in [0.15, 0.2) is 42.5 Å². The first-order valence-corrected chi connectivity index (χ1v) is 10.0. The number of urea groups is 1. The molecule has 4 N–H and O–H groups in total. The molecule has 2 aromatic rings. The number of rotatable bonds is 4. The fourth-order valence-electron chi connectivity index (χ4n) is 4.04. The molecule has 2 aliphatic heterocycles. The number of benzene rings is 2. The number of phenolic OH excluding ortho intramolecular Hbond substituents is 1. The standard InChI is InChI=1S/C22H23FN4O4/c1-12-2-5-14(23)9-17(12)26-22(31)24-15-10-19-20(29)25-18(21(30)27(19)11-15)8-13-3-6-16(28)7-4-13/h2-7,9,15,18-19,28H,8,10-11H2,1H3,(H,25,29)(H2,24,26,31)/t15-,18+,19-/m0/s1. The van der Waals surface area contributed by atoms with E-state index in [-0.39, 0.29) is 24.1 Å². The van der Waals surface area contributed by atoms with Gasteiger partial charge in [-0.15, -0.1) is 0 Å². The minimum Gasteiger partial charge on any atom is -0.508 e. The van der Waals surface area contributed by atoms with Crippen LogP contribution in [0.4, 0.5) is 14.9 Å². The largest absolute Gasteiger partial charge is 0.508 e. The van der Waals surface area contributed by atoms with E-state index in [0.717, 1.165) is 5.56 Å². The molecule has 4 amide bonds. The fraction of sp³-hybridized carbons (Fsp3) is 0.318. The van der Waals surface area contributed by atoms with Crippen LogP contribution in [0, 0.1) is 12.7 Å². The number of piperazine rings is 1. The third-order valence-corrected chi connectivity index (χ3v) is 5.66. The van der Waals surface area contributed by atoms with Crippen molar-refractivity contribution in [3.8, 4) is 5.75 Å². The first-order chi connectivity index (χ1) is 14.8. The van der Waals surface area contributed by atoms with Gasteiger partial charge in [0, 0.05) is 18.7 Å². The molecule has 0 bridgehead atoms. The molecule has 0 unspecified atom stereocenters. The first-order valence-electron chi connectivity index (χ1n) is 10.0. The number of aryl methyl sites for hydroxylation is 1. The van der Waals surface area contributed by atoms with Gasteiger partial charge in [0.05, 0.1) is 6.04 Å². The van der Waals surface area contributed by atoms with Crippen molar-refractivity contribution in [1.82, 2.24) is 15.5 Å². The van der Waals surface area contributed by atoms with Crippen LogP contribution in [0.2, 0.25) is 0 Å². The molecule has 2 saturated heterocycles. The molecule has 2 heterocycles. The number of nitrogens with one attached hydrogen (secondary N) is 3. The van der Waals surface area contributed by atoms with Crippen molar-refractivity contribution in [2.75, 3.05) is 11.9 Å². The highest BCUT2D eigenvalue weighted by Crippen LogP contribution is 2.24. The number of halogens is 1. The average Bonchev–Trinajstić information content (AvgIpc) is 3.15. The zero-order valence-corrected chi connectivity index (χ0v) is 16.9. The van der Waals surface area contributed by atoms with Gasteiger partial charge in [-0.3, -0.25) is 9.59 Å². The van der Waals surface area contributed by atoms with E-state index in [9.17, 15) is 23.9 Å². The predicted octanol–water partition coefficient (Wildman–Crippen LogP) is 1.67. The van der Waals surface area contributed by atoms with Crippen LogP contribution in [0.3, 0.4) is 0 Å². The first kappa shape index (κ1) is 20.6. The van der Waals surface area contributed by atoms with Crippen LogP contribution in [-0.2, 0) is 16.0 Å². The maximum absolute atomic E-state index is 13.4. The third kappa shape index (κ3) is 4.45. The SMILES string of the molecule is Cc1ccc(F)cc1NC(=O)N[C@H]1C[C@H]2C(=O)N[C@H](Cc3ccc(O)cc3)C(=O)N2C1. The highest BCUT2D eigenvalue weighted by atomic mass is 19.1. The van der Waals surface area contributed by atoms with Gasteiger partial charge in [-0.2, -0.15) is 0 Å². The molecule has 0 aromatic heterocycles. The Morgan fingerprint density at radius 3 is 2.71 bits per heavy atom. The van der Waals surface area contributed by atoms with Crippen LogP contribution >= 0.6 is 0 Å². The van der Waals surface area contributed by atoms with Crippen LogP contribution in [0.1, 0.15) is 17.5 Å². The van der Waals surface area contributed by atoms with E-state index < -0.39 is 30.0 Å². The van der Waals surface area contributed by atoms with E-state index in [0.29, 0.717) is 24.1 Å². The summed E-state index contributed by atoms with van der Waals surface area (Å²) in [5, 5.41) is 17.5. The number of nitrogens with zero attached hydrogens (tertiary/aromatic N) is 1. The molecule has 0 saturated carbocycles. The number of carbonyl (C=O) groups excluding carboxylic acids is 3. The number of hydrogen-bond donors (Lipinski definition) is 4. The van der Waals surface area contributed by atoms with E-state index >= 15 is 0 Å². The van der Waals surface area contributed by atoms with Gasteiger partial charge in [0.15, 0.2) is 0 Å². The summed E-state index contributed by atoms with van der Waals surface area (Å²) in [5.41, 5.74) is 1.89. The molecule has 0 aliphatic carbocycles. The quantitative estimate of drug-likeness (QED) is 0.596. The Labute approximate surface area is 178 Å². The summed E-state index contributed by atoms with van der Waals surface area (Å²) in [6.45, 7) is 1.97. The molecular formula is C22H23FN4O4. The highest BCUT2D eigenvalue weighted by Gasteiger charge is 2.46. The Bertz CT molecular complexity index is 1030. The van der Waals surface area contributed by atoms with Gasteiger partial charge in [-0.1, -0.05) is 18.2 Å². The van der Waals surface area contributed by atoms with Gasteiger partial charge in [0.25, 0.3) is 0 Å². The van der Waals surface area contributed by atoms with Gasteiger partial charge in [0.1, 0.15) is 23.7 Å². The summed E-state index contributed by atoms with van der Waals surface area (Å²) < 4.78 is 13.4. The van der Waals surface area contributed by atoms with Gasteiger partial charge < -0.3 is 26.0 Å². The van der Waals surface area contributed by atoms with E-state index in [1.807, 2.05) is 0 Å². The molecule has 162 valence electrons. The zero-order valence-electron chi connectivity index (χ0n) is 16.9. The monoisotopic (exact) mass is 426 g/mol. The maximum atomic E-state index is 13.4. The van der Waals surface area contributed by atoms with Gasteiger partial charge in [-0.25, -0.2) is 9.18 Å². The Kier molecular flexibility index (Phi) is 5.50. The molecule has 2 aromatic carbocycles. The second-order valence-corrected chi connectivity index (χ2v) is 7.93. The summed E-state index contributed by atoms with van der Waals surface area (Å²) in [6, 6.07) is 8.32. The van der Waals surface area contributed by atoms with Crippen molar-refractivity contribution in [3.63, 3.8) is 0 Å². The van der Waals surface area contributed by atoms with Crippen LogP contribution in [0.5, 0.6) is 5.75 Å². The minimum atomic E-state index is -0.698. The van der Waals surface area contributed by atoms with Gasteiger partial charge in [-0.05, 0) is 48.7 Å². The second-order valence-electron chi connectivity index (χ2n) is 7.93. The van der Waals surface area contributed by atoms with Crippen molar-refractivity contribution in [2.45, 2.75) is 37.9 Å². The summed E-state index contributed by atoms with van der Waals surface area (Å²) >= 11 is 0. The Balaban J connectivity index is 1.38. The normalized spacial score (nSPS) is 22.6. The lowest BCUT2D eigenvalue weighted by Crippen LogP contribution is -2.61. The van der Waals surface area contributed by atoms with Crippen molar-refractivity contribution in [1.29, 1.82) is 0 Å². The lowest BCUT2D eigenvalue weighted by Gasteiger charge is -2.34. The topological polar surface area (TPSA) is 111 Å². The summed E-state index contributed by atoms with van der Waals surface area (Å²) in [5.74, 6) is -0.791. The highest BCUT2D eigenvalue weighted by molar-refractivity contribution is 5.98. The van der Waals surface area contributed by atoms with E-state index in [2.05, 4.69) is 16.0 Å². The van der Waals surface area contributed by atoms with Crippen LogP contribution in [0.25, 0.3) is 0 Å². The maximum Gasteiger partial charge on any atom is 0.319 e. The number of aromatic hydroxyl groups is 1. The average molecular weight is 426 g/mol. The van der Waals surface area contributed by atoms with Gasteiger partial charge >= 0.3 is 6.03 Å². The van der Waals surface area contributed by atoms with E-state index in [4.69, 9.17) is 0 Å². The minimum absolute atomic E-state index is 0.128. The number of anilines is 1. The van der Waals surface area contributed by atoms with E-state index in [1.54, 1.807) is 25.1 Å². The Morgan fingerprint density at radius 1 is 1.23 bits per heavy atom. The summed E-state index contributed by atoms with van der Waals surface area (Å²) in [7, 11) is 0. The molecule has 8 nitrogen and oxygen atoms in total. The molecule has 31 heavy (non-hydrogen) atoms. The smallest absolute Gasteiger partial charge is 0.319 e. The molecule has 2 fully saturated rings. The van der Waals surface area contributed by atoms with Crippen LogP contribution in [-0.4, -0.2) is 52.5 Å². The Morgan fingerprint density at radius 2 is 1.97 bits per heavy atom. The summed E-state index contributed by atoms with van der Waals surface area (Å²) in [4.78, 5) is 39.4. The lowest BCUT2D eigenvalue weighted by molar-refractivity contribution is -0.147. The number of amides is 4. The lowest BCUT2D eigenvalue weighted by atomic mass is 10.0. The molecule has 3 atom stereocenters. The zero-order chi connectivity index (χ0) is 22.1. The Hall–Kier alpha value is -3.62. The number of hydrogen-bond acceptors (Lipinski definition) is 4. The molecule has 0 spiro atoms. The van der Waals surface area contributed by atoms with Crippen molar-refractivity contribution in [3.05, 3.63) is 59.4 Å². The molecule has 2 aliphatic rings. The number of carbonyl (C=O) groups is 3. The second kappa shape index (κ2) is 8.25. The number of fused-ring (bicyclic) bond motifs is 1. The van der Waals surface area contributed by atoms with E-state index in [1.165, 1.54) is 29.2 Å². The van der Waals surface area contributed by atoms with Crippen molar-refractivity contribution >= 4 is 23.5 Å². The summed E-state index contributed by atoms with van der Waals surface area (Å²) in [6.07, 6.45) is 0.616. The molecule has 0 radical (unpaired) electrons. The fourth-order valence-corrected chi connectivity index (χ4v) is 4.04. The molecule has 9 heteroatoms. The predicted molar refractivity (Wildman–Crippen MR) is 111 cm³/mol.